The van der Waals surface area contributed by atoms with Gasteiger partial charge in [-0.15, -0.1) is 0 Å². The molecule has 2 fully saturated rings. The van der Waals surface area contributed by atoms with E-state index in [0.29, 0.717) is 43.6 Å². The lowest BCUT2D eigenvalue weighted by atomic mass is 10.0. The lowest BCUT2D eigenvalue weighted by Crippen LogP contribution is -2.54. The summed E-state index contributed by atoms with van der Waals surface area (Å²) in [7, 11) is -3.73. The number of halogens is 1. The molecule has 4 amide bonds. The van der Waals surface area contributed by atoms with Crippen LogP contribution in [0.1, 0.15) is 65.5 Å². The number of nitrogens with zero attached hydrogens (tertiary/aromatic N) is 5. The second-order valence-corrected chi connectivity index (χ2v) is 16.8. The summed E-state index contributed by atoms with van der Waals surface area (Å²) in [4.78, 5) is 64.6. The first-order chi connectivity index (χ1) is 26.5. The fourth-order valence-corrected chi connectivity index (χ4v) is 8.38. The number of sulfonamides is 1. The first kappa shape index (κ1) is 38.5. The number of carbonyl (C=O) groups excluding carboxylic acids is 4. The van der Waals surface area contributed by atoms with E-state index in [0.717, 1.165) is 27.9 Å². The molecule has 1 atom stereocenters. The second-order valence-electron chi connectivity index (χ2n) is 15.1. The van der Waals surface area contributed by atoms with Gasteiger partial charge < -0.3 is 15.5 Å². The quantitative estimate of drug-likeness (QED) is 0.168. The molecule has 3 aliphatic rings. The number of hydrogen-bond donors (Lipinski definition) is 4. The van der Waals surface area contributed by atoms with Crippen molar-refractivity contribution in [2.75, 3.05) is 41.7 Å². The standard InChI is InChI=1S/C39H42FN9O6S/c1-23-21-41-38(45-34(23)42-26-6-5-7-28(19-26)56(54,55)46-39(2,3)4)43-25-8-10-27(11-9-25)48-16-14-47(15-17-48)22-24-18-29-30(20-31(24)40)37(53)49(36(29)52)32-12-13-33(50)44-35(32)51/h5-11,18-21,32,46H,12-17,22H2,1-4H3,(H,44,50,51)(H2,41,42,43,45). The molecule has 0 bridgehead atoms. The third-order valence-corrected chi connectivity index (χ3v) is 11.4. The number of imide groups is 2. The number of aryl methyl sites for hydroxylation is 1. The van der Waals surface area contributed by atoms with Crippen LogP contribution >= 0.6 is 0 Å². The normalized spacial score (nSPS) is 17.9. The SMILES string of the molecule is Cc1cnc(Nc2ccc(N3CCN(Cc4cc5c(cc4F)C(=O)N(C4CCC(=O)NC4=O)C5=O)CC3)cc2)nc1Nc1cccc(S(=O)(=O)NC(C)(C)C)c1. The van der Waals surface area contributed by atoms with Crippen LogP contribution in [0.3, 0.4) is 0 Å². The van der Waals surface area contributed by atoms with Crippen molar-refractivity contribution in [3.63, 3.8) is 0 Å². The van der Waals surface area contributed by atoms with Gasteiger partial charge in [0.15, 0.2) is 0 Å². The van der Waals surface area contributed by atoms with Crippen LogP contribution in [0.2, 0.25) is 0 Å². The highest BCUT2D eigenvalue weighted by Gasteiger charge is 2.45. The molecule has 0 radical (unpaired) electrons. The predicted octanol–water partition coefficient (Wildman–Crippen LogP) is 4.21. The van der Waals surface area contributed by atoms with Crippen molar-refractivity contribution in [2.45, 2.75) is 63.6 Å². The van der Waals surface area contributed by atoms with E-state index in [1.54, 1.807) is 45.2 Å². The van der Waals surface area contributed by atoms with E-state index in [1.165, 1.54) is 12.1 Å². The van der Waals surface area contributed by atoms with Gasteiger partial charge in [0, 0.05) is 79.1 Å². The Bertz CT molecular complexity index is 2340. The van der Waals surface area contributed by atoms with Crippen molar-refractivity contribution in [2.24, 2.45) is 0 Å². The predicted molar refractivity (Wildman–Crippen MR) is 207 cm³/mol. The van der Waals surface area contributed by atoms with Gasteiger partial charge in [0.2, 0.25) is 27.8 Å². The van der Waals surface area contributed by atoms with E-state index in [9.17, 15) is 27.6 Å². The van der Waals surface area contributed by atoms with Crippen molar-refractivity contribution in [1.82, 2.24) is 29.8 Å². The van der Waals surface area contributed by atoms with Crippen LogP contribution in [0.5, 0.6) is 0 Å². The van der Waals surface area contributed by atoms with Gasteiger partial charge in [0.25, 0.3) is 11.8 Å². The maximum atomic E-state index is 15.3. The van der Waals surface area contributed by atoms with Crippen LogP contribution in [0.4, 0.5) is 33.2 Å². The van der Waals surface area contributed by atoms with E-state index >= 15 is 4.39 Å². The Morgan fingerprint density at radius 3 is 2.27 bits per heavy atom. The molecule has 2 saturated heterocycles. The molecule has 0 spiro atoms. The Labute approximate surface area is 323 Å². The van der Waals surface area contributed by atoms with E-state index in [-0.39, 0.29) is 41.0 Å². The highest BCUT2D eigenvalue weighted by Crippen LogP contribution is 2.31. The molecule has 17 heteroatoms. The smallest absolute Gasteiger partial charge is 0.262 e. The number of fused-ring (bicyclic) bond motifs is 1. The third-order valence-electron chi connectivity index (χ3n) is 9.68. The van der Waals surface area contributed by atoms with E-state index < -0.39 is 51.0 Å². The molecule has 7 rings (SSSR count). The van der Waals surface area contributed by atoms with Gasteiger partial charge in [-0.25, -0.2) is 22.5 Å². The molecular formula is C39H42FN9O6S. The summed E-state index contributed by atoms with van der Waals surface area (Å²) in [6.45, 7) is 10.0. The van der Waals surface area contributed by atoms with Crippen LogP contribution < -0.4 is 25.6 Å². The number of benzene rings is 3. The number of hydrogen-bond acceptors (Lipinski definition) is 12. The minimum atomic E-state index is -3.73. The zero-order chi connectivity index (χ0) is 39.9. The minimum absolute atomic E-state index is 0.00438. The molecule has 0 saturated carbocycles. The van der Waals surface area contributed by atoms with Crippen LogP contribution in [-0.2, 0) is 26.2 Å². The fraction of sp³-hybridized carbons (Fsp3) is 0.333. The van der Waals surface area contributed by atoms with Crippen molar-refractivity contribution in [3.05, 3.63) is 94.9 Å². The fourth-order valence-electron chi connectivity index (χ4n) is 6.91. The van der Waals surface area contributed by atoms with Gasteiger partial charge in [0.05, 0.1) is 16.0 Å². The average Bonchev–Trinajstić information content (AvgIpc) is 3.37. The molecule has 4 heterocycles. The molecule has 1 aromatic heterocycles. The lowest BCUT2D eigenvalue weighted by Gasteiger charge is -2.36. The molecule has 0 aliphatic carbocycles. The molecule has 15 nitrogen and oxygen atoms in total. The van der Waals surface area contributed by atoms with Gasteiger partial charge in [0.1, 0.15) is 17.7 Å². The first-order valence-electron chi connectivity index (χ1n) is 18.2. The van der Waals surface area contributed by atoms with E-state index in [2.05, 4.69) is 40.4 Å². The van der Waals surface area contributed by atoms with Crippen LogP contribution in [0.25, 0.3) is 0 Å². The Hall–Kier alpha value is -5.78. The molecule has 4 N–H and O–H groups in total. The summed E-state index contributed by atoms with van der Waals surface area (Å²) in [6, 6.07) is 15.7. The van der Waals surface area contributed by atoms with Gasteiger partial charge in [-0.05, 0) is 88.7 Å². The summed E-state index contributed by atoms with van der Waals surface area (Å²) in [5.41, 5.74) is 2.71. The van der Waals surface area contributed by atoms with Gasteiger partial charge >= 0.3 is 0 Å². The van der Waals surface area contributed by atoms with Crippen molar-refractivity contribution in [3.8, 4) is 0 Å². The van der Waals surface area contributed by atoms with Gasteiger partial charge in [-0.1, -0.05) is 6.07 Å². The molecule has 56 heavy (non-hydrogen) atoms. The third kappa shape index (κ3) is 8.24. The summed E-state index contributed by atoms with van der Waals surface area (Å²) in [5.74, 6) is -2.31. The summed E-state index contributed by atoms with van der Waals surface area (Å²) < 4.78 is 43.7. The monoisotopic (exact) mass is 783 g/mol. The molecule has 1 unspecified atom stereocenters. The maximum absolute atomic E-state index is 15.3. The van der Waals surface area contributed by atoms with Gasteiger partial charge in [-0.2, -0.15) is 4.98 Å². The van der Waals surface area contributed by atoms with Crippen molar-refractivity contribution in [1.29, 1.82) is 0 Å². The summed E-state index contributed by atoms with van der Waals surface area (Å²) >= 11 is 0. The number of piperazine rings is 1. The number of nitrogens with one attached hydrogen (secondary N) is 4. The van der Waals surface area contributed by atoms with Crippen molar-refractivity contribution < 1.29 is 32.0 Å². The van der Waals surface area contributed by atoms with Gasteiger partial charge in [-0.3, -0.25) is 34.3 Å². The van der Waals surface area contributed by atoms with Crippen LogP contribution in [0.15, 0.2) is 71.8 Å². The molecule has 4 aromatic rings. The number of piperidine rings is 1. The molecule has 3 aromatic carbocycles. The van der Waals surface area contributed by atoms with E-state index in [1.807, 2.05) is 31.2 Å². The summed E-state index contributed by atoms with van der Waals surface area (Å²) in [6.07, 6.45) is 1.71. The number of rotatable bonds is 10. The minimum Gasteiger partial charge on any atom is -0.369 e. The Kier molecular flexibility index (Phi) is 10.3. The molecule has 3 aliphatic heterocycles. The second kappa shape index (κ2) is 15.0. The first-order valence-corrected chi connectivity index (χ1v) is 19.7. The Morgan fingerprint density at radius 2 is 1.59 bits per heavy atom. The number of anilines is 5. The lowest BCUT2D eigenvalue weighted by molar-refractivity contribution is -0.136. The maximum Gasteiger partial charge on any atom is 0.262 e. The Balaban J connectivity index is 0.946. The largest absolute Gasteiger partial charge is 0.369 e. The Morgan fingerprint density at radius 1 is 0.893 bits per heavy atom. The average molecular weight is 784 g/mol. The molecule has 292 valence electrons. The molecular weight excluding hydrogens is 742 g/mol. The van der Waals surface area contributed by atoms with Crippen molar-refractivity contribution >= 4 is 62.5 Å². The zero-order valence-electron chi connectivity index (χ0n) is 31.3. The number of amides is 4. The van der Waals surface area contributed by atoms with Crippen LogP contribution in [-0.4, -0.2) is 89.6 Å². The highest BCUT2D eigenvalue weighted by atomic mass is 32.2. The highest BCUT2D eigenvalue weighted by molar-refractivity contribution is 7.89. The topological polar surface area (TPSA) is 186 Å². The van der Waals surface area contributed by atoms with Crippen LogP contribution in [0, 0.1) is 12.7 Å². The van der Waals surface area contributed by atoms with E-state index in [4.69, 9.17) is 0 Å². The zero-order valence-corrected chi connectivity index (χ0v) is 32.2. The number of carbonyl (C=O) groups is 4. The number of aromatic nitrogens is 2. The summed E-state index contributed by atoms with van der Waals surface area (Å²) in [5, 5.41) is 8.60.